The van der Waals surface area contributed by atoms with Gasteiger partial charge < -0.3 is 10.5 Å². The number of para-hydroxylation sites is 1. The van der Waals surface area contributed by atoms with Crippen molar-refractivity contribution in [3.05, 3.63) is 41.0 Å². The third-order valence-corrected chi connectivity index (χ3v) is 2.17. The molecule has 0 fully saturated rings. The molecule has 0 saturated carbocycles. The average molecular weight is 238 g/mol. The van der Waals surface area contributed by atoms with Gasteiger partial charge in [0.2, 0.25) is 0 Å². The summed E-state index contributed by atoms with van der Waals surface area (Å²) in [6.07, 6.45) is 0. The molecule has 1 aromatic heterocycles. The zero-order valence-corrected chi connectivity index (χ0v) is 8.86. The highest BCUT2D eigenvalue weighted by Gasteiger charge is 2.12. The quantitative estimate of drug-likeness (QED) is 0.617. The van der Waals surface area contributed by atoms with E-state index in [0.29, 0.717) is 10.8 Å². The van der Waals surface area contributed by atoms with Crippen LogP contribution in [-0.2, 0) is 0 Å². The maximum absolute atomic E-state index is 11.6. The van der Waals surface area contributed by atoms with Crippen LogP contribution in [0.2, 0.25) is 5.02 Å². The van der Waals surface area contributed by atoms with Crippen molar-refractivity contribution in [3.8, 4) is 5.75 Å². The highest BCUT2D eigenvalue weighted by molar-refractivity contribution is 6.32. The number of aromatic nitrogens is 2. The van der Waals surface area contributed by atoms with Crippen LogP contribution in [0.5, 0.6) is 5.75 Å². The molecule has 2 rings (SSSR count). The number of H-pyrrole nitrogens is 1. The van der Waals surface area contributed by atoms with E-state index in [1.54, 1.807) is 24.3 Å². The summed E-state index contributed by atoms with van der Waals surface area (Å²) >= 11 is 5.83. The van der Waals surface area contributed by atoms with Crippen LogP contribution < -0.4 is 10.5 Å². The lowest BCUT2D eigenvalue weighted by Crippen LogP contribution is -2.09. The second-order valence-corrected chi connectivity index (χ2v) is 3.43. The second kappa shape index (κ2) is 4.24. The van der Waals surface area contributed by atoms with Gasteiger partial charge in [-0.1, -0.05) is 23.7 Å². The summed E-state index contributed by atoms with van der Waals surface area (Å²) in [6.45, 7) is 0. The number of benzene rings is 1. The Labute approximate surface area is 96.2 Å². The van der Waals surface area contributed by atoms with Crippen molar-refractivity contribution in [1.82, 2.24) is 10.2 Å². The van der Waals surface area contributed by atoms with E-state index in [0.717, 1.165) is 0 Å². The number of hydrogen-bond donors (Lipinski definition) is 2. The Hall–Kier alpha value is -2.01. The minimum Gasteiger partial charge on any atom is -0.420 e. The molecule has 0 spiro atoms. The van der Waals surface area contributed by atoms with Gasteiger partial charge in [-0.3, -0.25) is 5.10 Å². The summed E-state index contributed by atoms with van der Waals surface area (Å²) in [5.41, 5.74) is 5.54. The summed E-state index contributed by atoms with van der Waals surface area (Å²) in [7, 11) is 0. The number of hydrogen-bond acceptors (Lipinski definition) is 4. The number of anilines is 1. The number of nitrogens with one attached hydrogen (secondary N) is 1. The van der Waals surface area contributed by atoms with Gasteiger partial charge in [0, 0.05) is 6.07 Å². The van der Waals surface area contributed by atoms with E-state index in [4.69, 9.17) is 22.1 Å². The third kappa shape index (κ3) is 2.14. The van der Waals surface area contributed by atoms with E-state index in [-0.39, 0.29) is 11.5 Å². The van der Waals surface area contributed by atoms with Crippen molar-refractivity contribution in [2.75, 3.05) is 5.73 Å². The molecule has 0 aliphatic carbocycles. The standard InChI is InChI=1S/C10H8ClN3O2/c11-6-3-1-2-4-8(6)16-10(15)7-5-9(12)14-13-7/h1-5H,(H3,12,13,14). The van der Waals surface area contributed by atoms with Gasteiger partial charge in [0.05, 0.1) is 5.02 Å². The van der Waals surface area contributed by atoms with Crippen LogP contribution in [0.4, 0.5) is 5.82 Å². The fraction of sp³-hybridized carbons (Fsp3) is 0. The van der Waals surface area contributed by atoms with Crippen molar-refractivity contribution < 1.29 is 9.53 Å². The molecule has 0 saturated heterocycles. The Morgan fingerprint density at radius 1 is 1.44 bits per heavy atom. The molecular formula is C10H8ClN3O2. The Bertz CT molecular complexity index is 524. The monoisotopic (exact) mass is 237 g/mol. The van der Waals surface area contributed by atoms with Crippen LogP contribution in [0.15, 0.2) is 30.3 Å². The maximum Gasteiger partial charge on any atom is 0.361 e. The van der Waals surface area contributed by atoms with Crippen LogP contribution in [0.3, 0.4) is 0 Å². The van der Waals surface area contributed by atoms with E-state index in [2.05, 4.69) is 10.2 Å². The van der Waals surface area contributed by atoms with Crippen LogP contribution in [0.25, 0.3) is 0 Å². The van der Waals surface area contributed by atoms with E-state index >= 15 is 0 Å². The number of halogens is 1. The summed E-state index contributed by atoms with van der Waals surface area (Å²) in [6, 6.07) is 8.08. The normalized spacial score (nSPS) is 10.1. The fourth-order valence-electron chi connectivity index (χ4n) is 1.12. The third-order valence-electron chi connectivity index (χ3n) is 1.86. The Morgan fingerprint density at radius 2 is 2.19 bits per heavy atom. The van der Waals surface area contributed by atoms with Crippen molar-refractivity contribution in [2.45, 2.75) is 0 Å². The molecule has 1 heterocycles. The van der Waals surface area contributed by atoms with Crippen LogP contribution in [0.1, 0.15) is 10.5 Å². The molecule has 2 aromatic rings. The van der Waals surface area contributed by atoms with Gasteiger partial charge in [0.25, 0.3) is 0 Å². The summed E-state index contributed by atoms with van der Waals surface area (Å²) < 4.78 is 5.05. The van der Waals surface area contributed by atoms with Gasteiger partial charge in [-0.25, -0.2) is 4.79 Å². The Morgan fingerprint density at radius 3 is 2.81 bits per heavy atom. The molecule has 16 heavy (non-hydrogen) atoms. The molecule has 0 aliphatic heterocycles. The first-order valence-corrected chi connectivity index (χ1v) is 4.82. The largest absolute Gasteiger partial charge is 0.420 e. The summed E-state index contributed by atoms with van der Waals surface area (Å²) in [5.74, 6) is -0.0641. The molecule has 6 heteroatoms. The molecule has 1 aromatic carbocycles. The highest BCUT2D eigenvalue weighted by Crippen LogP contribution is 2.23. The maximum atomic E-state index is 11.6. The van der Waals surface area contributed by atoms with Gasteiger partial charge >= 0.3 is 5.97 Å². The van der Waals surface area contributed by atoms with Crippen LogP contribution in [0, 0.1) is 0 Å². The number of carbonyl (C=O) groups is 1. The molecule has 3 N–H and O–H groups in total. The molecule has 82 valence electrons. The van der Waals surface area contributed by atoms with Crippen LogP contribution in [-0.4, -0.2) is 16.2 Å². The zero-order valence-electron chi connectivity index (χ0n) is 8.11. The van der Waals surface area contributed by atoms with Crippen molar-refractivity contribution in [2.24, 2.45) is 0 Å². The number of esters is 1. The predicted molar refractivity (Wildman–Crippen MR) is 59.4 cm³/mol. The van der Waals surface area contributed by atoms with Crippen LogP contribution >= 0.6 is 11.6 Å². The first-order chi connectivity index (χ1) is 7.66. The van der Waals surface area contributed by atoms with E-state index in [9.17, 15) is 4.79 Å². The summed E-state index contributed by atoms with van der Waals surface area (Å²) in [5, 5.41) is 6.44. The molecule has 0 atom stereocenters. The smallest absolute Gasteiger partial charge is 0.361 e. The lowest BCUT2D eigenvalue weighted by atomic mass is 10.3. The molecular weight excluding hydrogens is 230 g/mol. The molecule has 0 aliphatic rings. The lowest BCUT2D eigenvalue weighted by molar-refractivity contribution is 0.0728. The SMILES string of the molecule is Nc1cc(C(=O)Oc2ccccc2Cl)[nH]n1. The van der Waals surface area contributed by atoms with Gasteiger partial charge in [-0.05, 0) is 12.1 Å². The van der Waals surface area contributed by atoms with Gasteiger partial charge in [-0.15, -0.1) is 0 Å². The molecule has 0 radical (unpaired) electrons. The van der Waals surface area contributed by atoms with E-state index < -0.39 is 5.97 Å². The van der Waals surface area contributed by atoms with Crippen molar-refractivity contribution in [1.29, 1.82) is 0 Å². The minimum atomic E-state index is -0.586. The van der Waals surface area contributed by atoms with E-state index in [1.807, 2.05) is 0 Å². The number of carbonyl (C=O) groups excluding carboxylic acids is 1. The second-order valence-electron chi connectivity index (χ2n) is 3.03. The first-order valence-electron chi connectivity index (χ1n) is 4.44. The number of nitrogens with two attached hydrogens (primary N) is 1. The molecule has 5 nitrogen and oxygen atoms in total. The first kappa shape index (κ1) is 10.5. The Balaban J connectivity index is 2.17. The number of rotatable bonds is 2. The number of ether oxygens (including phenoxy) is 1. The molecule has 0 amide bonds. The van der Waals surface area contributed by atoms with Crippen molar-refractivity contribution in [3.63, 3.8) is 0 Å². The predicted octanol–water partition coefficient (Wildman–Crippen LogP) is 1.86. The number of nitrogen functional groups attached to an aromatic ring is 1. The Kier molecular flexibility index (Phi) is 2.78. The summed E-state index contributed by atoms with van der Waals surface area (Å²) in [4.78, 5) is 11.6. The van der Waals surface area contributed by atoms with Gasteiger partial charge in [-0.2, -0.15) is 5.10 Å². The number of nitrogens with zero attached hydrogens (tertiary/aromatic N) is 1. The minimum absolute atomic E-state index is 0.178. The topological polar surface area (TPSA) is 81.0 Å². The van der Waals surface area contributed by atoms with Gasteiger partial charge in [0.1, 0.15) is 17.3 Å². The molecule has 0 bridgehead atoms. The van der Waals surface area contributed by atoms with Crippen molar-refractivity contribution >= 4 is 23.4 Å². The molecule has 0 unspecified atom stereocenters. The fourth-order valence-corrected chi connectivity index (χ4v) is 1.30. The highest BCUT2D eigenvalue weighted by atomic mass is 35.5. The van der Waals surface area contributed by atoms with E-state index in [1.165, 1.54) is 6.07 Å². The zero-order chi connectivity index (χ0) is 11.5. The average Bonchev–Trinajstić information content (AvgIpc) is 2.68. The van der Waals surface area contributed by atoms with Gasteiger partial charge in [0.15, 0.2) is 0 Å². The lowest BCUT2D eigenvalue weighted by Gasteiger charge is -2.03. The number of aromatic amines is 1.